The fourth-order valence-electron chi connectivity index (χ4n) is 1.75. The average Bonchev–Trinajstić information content (AvgIpc) is 2.92. The van der Waals surface area contributed by atoms with Crippen molar-refractivity contribution in [3.05, 3.63) is 33.9 Å². The fourth-order valence-corrected chi connectivity index (χ4v) is 3.21. The first-order valence-electron chi connectivity index (χ1n) is 5.51. The van der Waals surface area contributed by atoms with E-state index in [2.05, 4.69) is 0 Å². The largest absolute Gasteiger partial charge is 0.478 e. The first kappa shape index (κ1) is 14.4. The summed E-state index contributed by atoms with van der Waals surface area (Å²) >= 11 is 0. The summed E-state index contributed by atoms with van der Waals surface area (Å²) < 4.78 is 25.1. The van der Waals surface area contributed by atoms with Gasteiger partial charge in [0.25, 0.3) is 15.7 Å². The Kier molecular flexibility index (Phi) is 3.70. The van der Waals surface area contributed by atoms with E-state index in [0.717, 1.165) is 12.1 Å². The molecular formula is C10H10N2O7S. The number of non-ortho nitro benzene ring substituents is 1. The van der Waals surface area contributed by atoms with Crippen LogP contribution in [0.1, 0.15) is 16.8 Å². The Bertz CT molecular complexity index is 664. The molecule has 1 aromatic carbocycles. The van der Waals surface area contributed by atoms with Crippen LogP contribution >= 0.6 is 0 Å². The lowest BCUT2D eigenvalue weighted by Gasteiger charge is -2.15. The second-order valence-corrected chi connectivity index (χ2v) is 5.76. The number of nitro benzene ring substituents is 1. The van der Waals surface area contributed by atoms with Crippen LogP contribution in [0.15, 0.2) is 23.1 Å². The van der Waals surface area contributed by atoms with Crippen LogP contribution in [0.25, 0.3) is 0 Å². The molecule has 0 spiro atoms. The molecule has 1 aliphatic heterocycles. The maximum absolute atomic E-state index is 12.2. The van der Waals surface area contributed by atoms with Crippen LogP contribution in [0.5, 0.6) is 0 Å². The normalized spacial score (nSPS) is 16.2. The summed E-state index contributed by atoms with van der Waals surface area (Å²) in [6, 6.07) is 2.55. The highest BCUT2D eigenvalue weighted by Gasteiger charge is 2.33. The summed E-state index contributed by atoms with van der Waals surface area (Å²) in [5, 5.41) is 19.7. The van der Waals surface area contributed by atoms with Gasteiger partial charge in [0.05, 0.1) is 22.0 Å². The minimum absolute atomic E-state index is 0.110. The quantitative estimate of drug-likeness (QED) is 0.637. The van der Waals surface area contributed by atoms with Gasteiger partial charge in [-0.1, -0.05) is 4.47 Å². The molecule has 0 unspecified atom stereocenters. The highest BCUT2D eigenvalue weighted by molar-refractivity contribution is 7.89. The predicted molar refractivity (Wildman–Crippen MR) is 64.5 cm³/mol. The van der Waals surface area contributed by atoms with Gasteiger partial charge < -0.3 is 5.11 Å². The number of hydrogen-bond acceptors (Lipinski definition) is 6. The molecule has 2 rings (SSSR count). The molecule has 1 saturated heterocycles. The maximum Gasteiger partial charge on any atom is 0.337 e. The van der Waals surface area contributed by atoms with Crippen molar-refractivity contribution in [2.24, 2.45) is 0 Å². The number of hydrogen-bond donors (Lipinski definition) is 1. The highest BCUT2D eigenvalue weighted by atomic mass is 32.2. The van der Waals surface area contributed by atoms with Crippen molar-refractivity contribution >= 4 is 21.7 Å². The van der Waals surface area contributed by atoms with Crippen molar-refractivity contribution in [3.63, 3.8) is 0 Å². The molecular weight excluding hydrogens is 292 g/mol. The first-order chi connectivity index (χ1) is 9.34. The summed E-state index contributed by atoms with van der Waals surface area (Å²) in [6.45, 7) is 0.326. The number of carboxylic acid groups (broad SMARTS) is 1. The van der Waals surface area contributed by atoms with Crippen molar-refractivity contribution in [2.75, 3.05) is 13.2 Å². The Labute approximate surface area is 113 Å². The Balaban J connectivity index is 2.56. The van der Waals surface area contributed by atoms with Crippen molar-refractivity contribution < 1.29 is 28.1 Å². The van der Waals surface area contributed by atoms with E-state index >= 15 is 0 Å². The second kappa shape index (κ2) is 5.15. The summed E-state index contributed by atoms with van der Waals surface area (Å²) in [5.41, 5.74) is -1.15. The van der Waals surface area contributed by atoms with Gasteiger partial charge >= 0.3 is 5.97 Å². The van der Waals surface area contributed by atoms with Gasteiger partial charge in [0.15, 0.2) is 0 Å². The van der Waals surface area contributed by atoms with Crippen molar-refractivity contribution in [1.82, 2.24) is 4.47 Å². The molecule has 1 heterocycles. The number of hydroxylamine groups is 1. The van der Waals surface area contributed by atoms with Gasteiger partial charge in [-0.05, 0) is 12.5 Å². The topological polar surface area (TPSA) is 127 Å². The standard InChI is InChI=1S/C10H10N2O7S/c13-10(14)8-6-7(12(15)16)2-3-9(8)20(17,18)11-4-1-5-19-11/h2-3,6H,1,4-5H2,(H,13,14). The summed E-state index contributed by atoms with van der Waals surface area (Å²) in [5.74, 6) is -1.56. The molecule has 1 aromatic rings. The molecule has 0 saturated carbocycles. The minimum atomic E-state index is -4.15. The van der Waals surface area contributed by atoms with Gasteiger partial charge in [-0.15, -0.1) is 0 Å². The molecule has 1 aliphatic rings. The van der Waals surface area contributed by atoms with E-state index in [1.807, 2.05) is 0 Å². The molecule has 20 heavy (non-hydrogen) atoms. The molecule has 0 amide bonds. The molecule has 1 N–H and O–H groups in total. The zero-order valence-electron chi connectivity index (χ0n) is 10.1. The number of aromatic carboxylic acids is 1. The van der Waals surface area contributed by atoms with Crippen molar-refractivity contribution in [2.45, 2.75) is 11.3 Å². The number of rotatable bonds is 4. The predicted octanol–water partition coefficient (Wildman–Crippen LogP) is 0.619. The second-order valence-electron chi connectivity index (χ2n) is 3.96. The number of nitro groups is 1. The number of nitrogens with zero attached hydrogens (tertiary/aromatic N) is 2. The Morgan fingerprint density at radius 2 is 2.15 bits per heavy atom. The lowest BCUT2D eigenvalue weighted by molar-refractivity contribution is -0.384. The lowest BCUT2D eigenvalue weighted by atomic mass is 10.2. The van der Waals surface area contributed by atoms with E-state index in [0.29, 0.717) is 17.0 Å². The van der Waals surface area contributed by atoms with E-state index in [1.165, 1.54) is 0 Å². The third-order valence-corrected chi connectivity index (χ3v) is 4.41. The van der Waals surface area contributed by atoms with Crippen LogP contribution in [0, 0.1) is 10.1 Å². The summed E-state index contributed by atoms with van der Waals surface area (Å²) in [7, 11) is -4.15. The zero-order chi connectivity index (χ0) is 14.9. The molecule has 1 fully saturated rings. The maximum atomic E-state index is 12.2. The van der Waals surface area contributed by atoms with E-state index in [1.54, 1.807) is 0 Å². The molecule has 0 aliphatic carbocycles. The van der Waals surface area contributed by atoms with Gasteiger partial charge in [0.2, 0.25) is 0 Å². The number of benzene rings is 1. The van der Waals surface area contributed by atoms with Crippen LogP contribution in [0.2, 0.25) is 0 Å². The van der Waals surface area contributed by atoms with Gasteiger partial charge in [-0.25, -0.2) is 13.2 Å². The van der Waals surface area contributed by atoms with Crippen LogP contribution < -0.4 is 0 Å². The third kappa shape index (κ3) is 2.48. The van der Waals surface area contributed by atoms with E-state index in [4.69, 9.17) is 9.94 Å². The van der Waals surface area contributed by atoms with Crippen LogP contribution in [-0.2, 0) is 14.9 Å². The smallest absolute Gasteiger partial charge is 0.337 e. The van der Waals surface area contributed by atoms with Crippen molar-refractivity contribution in [1.29, 1.82) is 0 Å². The Hall–Kier alpha value is -2.04. The van der Waals surface area contributed by atoms with Gasteiger partial charge in [0, 0.05) is 18.7 Å². The van der Waals surface area contributed by atoms with Gasteiger partial charge in [-0.3, -0.25) is 15.0 Å². The third-order valence-electron chi connectivity index (χ3n) is 2.67. The molecule has 10 heteroatoms. The van der Waals surface area contributed by atoms with Gasteiger partial charge in [-0.2, -0.15) is 0 Å². The van der Waals surface area contributed by atoms with E-state index in [9.17, 15) is 23.3 Å². The zero-order valence-corrected chi connectivity index (χ0v) is 10.9. The van der Waals surface area contributed by atoms with E-state index in [-0.39, 0.29) is 13.2 Å². The molecule has 0 radical (unpaired) electrons. The van der Waals surface area contributed by atoms with Crippen LogP contribution in [0.4, 0.5) is 5.69 Å². The summed E-state index contributed by atoms with van der Waals surface area (Å²) in [4.78, 5) is 25.3. The lowest BCUT2D eigenvalue weighted by Crippen LogP contribution is -2.28. The van der Waals surface area contributed by atoms with Crippen LogP contribution in [0.3, 0.4) is 0 Å². The fraction of sp³-hybridized carbons (Fsp3) is 0.300. The first-order valence-corrected chi connectivity index (χ1v) is 6.95. The molecule has 108 valence electrons. The minimum Gasteiger partial charge on any atom is -0.478 e. The van der Waals surface area contributed by atoms with Crippen molar-refractivity contribution in [3.8, 4) is 0 Å². The van der Waals surface area contributed by atoms with E-state index < -0.39 is 37.1 Å². The van der Waals surface area contributed by atoms with Gasteiger partial charge in [0.1, 0.15) is 0 Å². The van der Waals surface area contributed by atoms with Crippen LogP contribution in [-0.4, -0.2) is 42.0 Å². The highest BCUT2D eigenvalue weighted by Crippen LogP contribution is 2.26. The molecule has 9 nitrogen and oxygen atoms in total. The monoisotopic (exact) mass is 302 g/mol. The number of carboxylic acids is 1. The summed E-state index contributed by atoms with van der Waals surface area (Å²) in [6.07, 6.45) is 0.495. The number of sulfonamides is 1. The average molecular weight is 302 g/mol. The number of carbonyl (C=O) groups is 1. The Morgan fingerprint density at radius 1 is 1.45 bits per heavy atom. The molecule has 0 bridgehead atoms. The Morgan fingerprint density at radius 3 is 2.65 bits per heavy atom. The molecule has 0 aromatic heterocycles. The molecule has 0 atom stereocenters. The SMILES string of the molecule is O=C(O)c1cc([N+](=O)[O-])ccc1S(=O)(=O)N1CCCO1.